The van der Waals surface area contributed by atoms with Crippen molar-refractivity contribution in [2.24, 2.45) is 0 Å². The van der Waals surface area contributed by atoms with E-state index in [9.17, 15) is 14.7 Å². The number of carboxylic acid groups (broad SMARTS) is 1. The highest BCUT2D eigenvalue weighted by Crippen LogP contribution is 2.32. The summed E-state index contributed by atoms with van der Waals surface area (Å²) < 4.78 is 10.6. The highest BCUT2D eigenvalue weighted by atomic mass is 16.5. The van der Waals surface area contributed by atoms with Gasteiger partial charge in [0.15, 0.2) is 0 Å². The molecule has 0 heterocycles. The van der Waals surface area contributed by atoms with Crippen LogP contribution in [0.15, 0.2) is 48.2 Å². The number of methoxy groups -OCH3 is 2. The molecule has 0 aromatic heterocycles. The second kappa shape index (κ2) is 8.01. The largest absolute Gasteiger partial charge is 0.496 e. The highest BCUT2D eigenvalue weighted by Gasteiger charge is 2.16. The summed E-state index contributed by atoms with van der Waals surface area (Å²) in [6.07, 6.45) is 1.36. The monoisotopic (exact) mass is 341 g/mol. The van der Waals surface area contributed by atoms with E-state index in [4.69, 9.17) is 9.47 Å². The Hall–Kier alpha value is -3.28. The van der Waals surface area contributed by atoms with Gasteiger partial charge in [0.25, 0.3) is 5.91 Å². The standard InChI is InChI=1S/C19H19NO5/c1-12-16(24-2)10-9-14(17(12)25-3)11-15(19(22)23)20-18(21)13-7-5-4-6-8-13/h4-11H,1-3H3,(H,20,21)(H,22,23)/b15-11-. The van der Waals surface area contributed by atoms with Gasteiger partial charge in [0, 0.05) is 16.7 Å². The predicted octanol–water partition coefficient (Wildman–Crippen LogP) is 2.87. The predicted molar refractivity (Wildman–Crippen MR) is 93.8 cm³/mol. The molecular weight excluding hydrogens is 322 g/mol. The van der Waals surface area contributed by atoms with Gasteiger partial charge in [0.2, 0.25) is 0 Å². The maximum atomic E-state index is 12.2. The van der Waals surface area contributed by atoms with Crippen LogP contribution in [0.25, 0.3) is 6.08 Å². The summed E-state index contributed by atoms with van der Waals surface area (Å²) in [6.45, 7) is 1.80. The molecule has 6 nitrogen and oxygen atoms in total. The summed E-state index contributed by atoms with van der Waals surface area (Å²) in [5.74, 6) is -0.649. The van der Waals surface area contributed by atoms with E-state index in [1.807, 2.05) is 0 Å². The minimum Gasteiger partial charge on any atom is -0.496 e. The number of ether oxygens (including phenoxy) is 2. The maximum Gasteiger partial charge on any atom is 0.352 e. The summed E-state index contributed by atoms with van der Waals surface area (Å²) in [6, 6.07) is 11.8. The van der Waals surface area contributed by atoms with Crippen LogP contribution in [0.1, 0.15) is 21.5 Å². The third-order valence-electron chi connectivity index (χ3n) is 3.63. The summed E-state index contributed by atoms with van der Waals surface area (Å²) in [7, 11) is 3.03. The molecule has 6 heteroatoms. The van der Waals surface area contributed by atoms with Crippen molar-refractivity contribution in [3.8, 4) is 11.5 Å². The first-order valence-electron chi connectivity index (χ1n) is 7.51. The van der Waals surface area contributed by atoms with Crippen LogP contribution >= 0.6 is 0 Å². The summed E-state index contributed by atoms with van der Waals surface area (Å²) >= 11 is 0. The smallest absolute Gasteiger partial charge is 0.352 e. The maximum absolute atomic E-state index is 12.2. The van der Waals surface area contributed by atoms with Gasteiger partial charge in [0.05, 0.1) is 14.2 Å². The molecule has 0 radical (unpaired) electrons. The minimum atomic E-state index is -1.25. The normalized spacial score (nSPS) is 10.9. The van der Waals surface area contributed by atoms with Crippen molar-refractivity contribution in [1.82, 2.24) is 5.32 Å². The van der Waals surface area contributed by atoms with Crippen molar-refractivity contribution in [2.45, 2.75) is 6.92 Å². The number of amides is 1. The number of carbonyl (C=O) groups excluding carboxylic acids is 1. The Morgan fingerprint density at radius 1 is 1.04 bits per heavy atom. The van der Waals surface area contributed by atoms with Crippen LogP contribution in [0, 0.1) is 6.92 Å². The van der Waals surface area contributed by atoms with Crippen molar-refractivity contribution >= 4 is 18.0 Å². The zero-order chi connectivity index (χ0) is 18.4. The Morgan fingerprint density at radius 2 is 1.72 bits per heavy atom. The number of hydrogen-bond acceptors (Lipinski definition) is 4. The Bertz CT molecular complexity index is 812. The summed E-state index contributed by atoms with van der Waals surface area (Å²) in [5, 5.41) is 11.8. The molecule has 0 bridgehead atoms. The molecule has 0 aliphatic heterocycles. The third-order valence-corrected chi connectivity index (χ3v) is 3.63. The lowest BCUT2D eigenvalue weighted by molar-refractivity contribution is -0.132. The molecule has 0 spiro atoms. The number of nitrogens with one attached hydrogen (secondary N) is 1. The van der Waals surface area contributed by atoms with Gasteiger partial charge in [-0.2, -0.15) is 0 Å². The van der Waals surface area contributed by atoms with E-state index in [1.54, 1.807) is 56.5 Å². The van der Waals surface area contributed by atoms with Crippen molar-refractivity contribution in [3.63, 3.8) is 0 Å². The van der Waals surface area contributed by atoms with Crippen LogP contribution in [-0.4, -0.2) is 31.2 Å². The van der Waals surface area contributed by atoms with E-state index in [0.29, 0.717) is 22.6 Å². The molecule has 1 amide bonds. The van der Waals surface area contributed by atoms with Gasteiger partial charge in [-0.15, -0.1) is 0 Å². The highest BCUT2D eigenvalue weighted by molar-refractivity contribution is 6.02. The first kappa shape index (κ1) is 18.1. The Morgan fingerprint density at radius 3 is 2.28 bits per heavy atom. The zero-order valence-electron chi connectivity index (χ0n) is 14.2. The van der Waals surface area contributed by atoms with E-state index >= 15 is 0 Å². The molecule has 0 unspecified atom stereocenters. The fraction of sp³-hybridized carbons (Fsp3) is 0.158. The molecule has 2 rings (SSSR count). The van der Waals surface area contributed by atoms with E-state index in [2.05, 4.69) is 5.32 Å². The minimum absolute atomic E-state index is 0.253. The third kappa shape index (κ3) is 4.17. The second-order valence-corrected chi connectivity index (χ2v) is 5.20. The fourth-order valence-electron chi connectivity index (χ4n) is 2.39. The molecule has 2 aromatic rings. The van der Waals surface area contributed by atoms with Gasteiger partial charge in [0.1, 0.15) is 17.2 Å². The molecular formula is C19H19NO5. The molecule has 25 heavy (non-hydrogen) atoms. The van der Waals surface area contributed by atoms with Crippen LogP contribution in [0.2, 0.25) is 0 Å². The second-order valence-electron chi connectivity index (χ2n) is 5.20. The molecule has 2 aromatic carbocycles. The van der Waals surface area contributed by atoms with Crippen LogP contribution in [0.3, 0.4) is 0 Å². The van der Waals surface area contributed by atoms with Crippen molar-refractivity contribution in [1.29, 1.82) is 0 Å². The molecule has 0 saturated carbocycles. The number of carbonyl (C=O) groups is 2. The van der Waals surface area contributed by atoms with Gasteiger partial charge >= 0.3 is 5.97 Å². The van der Waals surface area contributed by atoms with E-state index < -0.39 is 11.9 Å². The van der Waals surface area contributed by atoms with Gasteiger partial charge in [-0.25, -0.2) is 4.79 Å². The van der Waals surface area contributed by atoms with Crippen LogP contribution in [0.4, 0.5) is 0 Å². The van der Waals surface area contributed by atoms with Crippen molar-refractivity contribution < 1.29 is 24.2 Å². The fourth-order valence-corrected chi connectivity index (χ4v) is 2.39. The zero-order valence-corrected chi connectivity index (χ0v) is 14.2. The quantitative estimate of drug-likeness (QED) is 0.789. The number of carboxylic acids is 1. The summed E-state index contributed by atoms with van der Waals surface area (Å²) in [5.41, 5.74) is 1.37. The van der Waals surface area contributed by atoms with E-state index in [-0.39, 0.29) is 5.70 Å². The number of benzene rings is 2. The average Bonchev–Trinajstić information content (AvgIpc) is 2.62. The SMILES string of the molecule is COc1ccc(/C=C(\NC(=O)c2ccccc2)C(=O)O)c(OC)c1C. The number of rotatable bonds is 6. The Kier molecular flexibility index (Phi) is 5.79. The Labute approximate surface area is 145 Å². The number of aliphatic carboxylic acids is 1. The lowest BCUT2D eigenvalue weighted by Gasteiger charge is -2.13. The molecule has 0 aliphatic carbocycles. The van der Waals surface area contributed by atoms with Crippen LogP contribution in [0.5, 0.6) is 11.5 Å². The van der Waals surface area contributed by atoms with Gasteiger partial charge < -0.3 is 19.9 Å². The molecule has 2 N–H and O–H groups in total. The summed E-state index contributed by atoms with van der Waals surface area (Å²) in [4.78, 5) is 23.7. The molecule has 0 fully saturated rings. The first-order valence-corrected chi connectivity index (χ1v) is 7.51. The lowest BCUT2D eigenvalue weighted by Crippen LogP contribution is -2.27. The van der Waals surface area contributed by atoms with E-state index in [0.717, 1.165) is 5.56 Å². The van der Waals surface area contributed by atoms with Gasteiger partial charge in [-0.3, -0.25) is 4.79 Å². The first-order chi connectivity index (χ1) is 12.0. The number of hydrogen-bond donors (Lipinski definition) is 2. The van der Waals surface area contributed by atoms with Crippen molar-refractivity contribution in [2.75, 3.05) is 14.2 Å². The topological polar surface area (TPSA) is 84.9 Å². The van der Waals surface area contributed by atoms with Gasteiger partial charge in [-0.05, 0) is 37.3 Å². The van der Waals surface area contributed by atoms with E-state index in [1.165, 1.54) is 13.2 Å². The average molecular weight is 341 g/mol. The Balaban J connectivity index is 2.39. The lowest BCUT2D eigenvalue weighted by atomic mass is 10.1. The molecule has 130 valence electrons. The molecule has 0 saturated heterocycles. The van der Waals surface area contributed by atoms with Gasteiger partial charge in [-0.1, -0.05) is 18.2 Å². The molecule has 0 aliphatic rings. The van der Waals surface area contributed by atoms with Crippen LogP contribution in [-0.2, 0) is 4.79 Å². The van der Waals surface area contributed by atoms with Crippen LogP contribution < -0.4 is 14.8 Å². The molecule has 0 atom stereocenters. The van der Waals surface area contributed by atoms with Crippen molar-refractivity contribution in [3.05, 3.63) is 64.9 Å².